The molecule has 2 heterocycles. The lowest BCUT2D eigenvalue weighted by molar-refractivity contribution is 0.385. The van der Waals surface area contributed by atoms with E-state index in [1.807, 2.05) is 18.4 Å². The molecular formula is C17H19FN4O3S2. The topological polar surface area (TPSA) is 85.6 Å². The first kappa shape index (κ1) is 19.6. The molecule has 1 aromatic carbocycles. The summed E-state index contributed by atoms with van der Waals surface area (Å²) in [4.78, 5) is -0.177. The largest absolute Gasteiger partial charge is 0.494 e. The van der Waals surface area contributed by atoms with Crippen molar-refractivity contribution in [2.45, 2.75) is 17.4 Å². The van der Waals surface area contributed by atoms with E-state index < -0.39 is 21.9 Å². The van der Waals surface area contributed by atoms with Crippen molar-refractivity contribution in [2.75, 3.05) is 19.1 Å². The van der Waals surface area contributed by atoms with E-state index in [1.165, 1.54) is 19.2 Å². The highest BCUT2D eigenvalue weighted by Crippen LogP contribution is 2.24. The molecule has 1 atom stereocenters. The number of ether oxygens (including phenoxy) is 1. The minimum absolute atomic E-state index is 0.0173. The van der Waals surface area contributed by atoms with Gasteiger partial charge in [-0.2, -0.15) is 11.8 Å². The number of aromatic nitrogens is 3. The Balaban J connectivity index is 1.95. The number of hydrogen-bond acceptors (Lipinski definition) is 6. The first-order valence-electron chi connectivity index (χ1n) is 8.10. The highest BCUT2D eigenvalue weighted by Gasteiger charge is 2.25. The molecule has 1 N–H and O–H groups in total. The van der Waals surface area contributed by atoms with Gasteiger partial charge in [-0.1, -0.05) is 6.07 Å². The number of fused-ring (bicyclic) bond motifs is 1. The molecule has 0 unspecified atom stereocenters. The lowest BCUT2D eigenvalue weighted by Gasteiger charge is -2.17. The number of thioether (sulfide) groups is 1. The highest BCUT2D eigenvalue weighted by molar-refractivity contribution is 7.98. The molecule has 2 aromatic heterocycles. The van der Waals surface area contributed by atoms with Gasteiger partial charge in [0, 0.05) is 6.20 Å². The van der Waals surface area contributed by atoms with Gasteiger partial charge in [0.05, 0.1) is 18.0 Å². The first-order valence-corrected chi connectivity index (χ1v) is 11.0. The van der Waals surface area contributed by atoms with Crippen molar-refractivity contribution < 1.29 is 17.5 Å². The zero-order chi connectivity index (χ0) is 19.4. The summed E-state index contributed by atoms with van der Waals surface area (Å²) in [5.74, 6) is 0.439. The van der Waals surface area contributed by atoms with Gasteiger partial charge in [-0.25, -0.2) is 17.5 Å². The van der Waals surface area contributed by atoms with E-state index in [2.05, 4.69) is 14.9 Å². The van der Waals surface area contributed by atoms with E-state index in [9.17, 15) is 12.8 Å². The monoisotopic (exact) mass is 410 g/mol. The quantitative estimate of drug-likeness (QED) is 0.615. The van der Waals surface area contributed by atoms with Gasteiger partial charge < -0.3 is 4.74 Å². The van der Waals surface area contributed by atoms with Crippen LogP contribution in [0.25, 0.3) is 5.65 Å². The molecule has 0 radical (unpaired) electrons. The molecule has 27 heavy (non-hydrogen) atoms. The van der Waals surface area contributed by atoms with Crippen LogP contribution < -0.4 is 9.46 Å². The van der Waals surface area contributed by atoms with Crippen molar-refractivity contribution in [3.63, 3.8) is 0 Å². The fraction of sp³-hybridized carbons (Fsp3) is 0.294. The summed E-state index contributed by atoms with van der Waals surface area (Å²) in [5, 5.41) is 8.24. The highest BCUT2D eigenvalue weighted by atomic mass is 32.2. The normalized spacial score (nSPS) is 13.0. The lowest BCUT2D eigenvalue weighted by Crippen LogP contribution is -2.30. The molecule has 10 heteroatoms. The van der Waals surface area contributed by atoms with E-state index >= 15 is 0 Å². The fourth-order valence-corrected chi connectivity index (χ4v) is 4.35. The van der Waals surface area contributed by atoms with Crippen molar-refractivity contribution in [3.8, 4) is 5.75 Å². The van der Waals surface area contributed by atoms with Crippen LogP contribution in [0.2, 0.25) is 0 Å². The second-order valence-electron chi connectivity index (χ2n) is 5.74. The molecule has 0 saturated carbocycles. The molecule has 0 aliphatic rings. The summed E-state index contributed by atoms with van der Waals surface area (Å²) in [6.07, 6.45) is 4.22. The van der Waals surface area contributed by atoms with Crippen LogP contribution in [-0.2, 0) is 10.0 Å². The predicted octanol–water partition coefficient (Wildman–Crippen LogP) is 2.65. The number of benzene rings is 1. The minimum atomic E-state index is -3.97. The molecule has 3 aromatic rings. The van der Waals surface area contributed by atoms with Gasteiger partial charge in [0.2, 0.25) is 10.0 Å². The van der Waals surface area contributed by atoms with Crippen molar-refractivity contribution in [3.05, 3.63) is 54.2 Å². The average molecular weight is 410 g/mol. The molecule has 144 valence electrons. The van der Waals surface area contributed by atoms with Crippen LogP contribution in [0.5, 0.6) is 5.75 Å². The van der Waals surface area contributed by atoms with Gasteiger partial charge in [-0.05, 0) is 48.8 Å². The number of methoxy groups -OCH3 is 1. The number of hydrogen-bond donors (Lipinski definition) is 1. The summed E-state index contributed by atoms with van der Waals surface area (Å²) in [7, 11) is -2.65. The third-order valence-electron chi connectivity index (χ3n) is 3.99. The molecule has 7 nitrogen and oxygen atoms in total. The molecule has 0 spiro atoms. The molecule has 0 bridgehead atoms. The number of nitrogens with one attached hydrogen (secondary N) is 1. The molecule has 0 aliphatic carbocycles. The van der Waals surface area contributed by atoms with E-state index in [4.69, 9.17) is 4.74 Å². The Kier molecular flexibility index (Phi) is 5.98. The Bertz CT molecular complexity index is 1040. The second kappa shape index (κ2) is 8.24. The van der Waals surface area contributed by atoms with E-state index in [0.717, 1.165) is 6.07 Å². The zero-order valence-electron chi connectivity index (χ0n) is 14.8. The summed E-state index contributed by atoms with van der Waals surface area (Å²) in [6, 6.07) is 8.35. The molecule has 0 aliphatic heterocycles. The Morgan fingerprint density at radius 3 is 2.81 bits per heavy atom. The van der Waals surface area contributed by atoms with Crippen LogP contribution in [0.4, 0.5) is 4.39 Å². The lowest BCUT2D eigenvalue weighted by atomic mass is 10.2. The third kappa shape index (κ3) is 4.23. The van der Waals surface area contributed by atoms with Gasteiger partial charge in [0.1, 0.15) is 0 Å². The zero-order valence-corrected chi connectivity index (χ0v) is 16.4. The Morgan fingerprint density at radius 1 is 1.30 bits per heavy atom. The standard InChI is InChI=1S/C17H19FN4O3S2/c1-25-15-7-6-12(11-13(15)18)27(23,24)21-14(8-10-26-2)17-20-19-16-5-3-4-9-22(16)17/h3-7,9,11,14,21H,8,10H2,1-2H3/t14-/m0/s1. The number of rotatable bonds is 8. The van der Waals surface area contributed by atoms with E-state index in [1.54, 1.807) is 28.4 Å². The Hall–Kier alpha value is -2.17. The van der Waals surface area contributed by atoms with Crippen LogP contribution in [0.3, 0.4) is 0 Å². The molecule has 0 fully saturated rings. The van der Waals surface area contributed by atoms with Crippen molar-refractivity contribution >= 4 is 27.4 Å². The van der Waals surface area contributed by atoms with Crippen LogP contribution in [0.1, 0.15) is 18.3 Å². The van der Waals surface area contributed by atoms with Crippen LogP contribution in [0.15, 0.2) is 47.5 Å². The summed E-state index contributed by atoms with van der Waals surface area (Å²) in [5.41, 5.74) is 0.622. The number of pyridine rings is 1. The predicted molar refractivity (Wildman–Crippen MR) is 102 cm³/mol. The fourth-order valence-electron chi connectivity index (χ4n) is 2.64. The first-order chi connectivity index (χ1) is 13.0. The Morgan fingerprint density at radius 2 is 2.11 bits per heavy atom. The summed E-state index contributed by atoms with van der Waals surface area (Å²) < 4.78 is 48.8. The van der Waals surface area contributed by atoms with E-state index in [-0.39, 0.29) is 10.6 Å². The minimum Gasteiger partial charge on any atom is -0.494 e. The van der Waals surface area contributed by atoms with Crippen LogP contribution >= 0.6 is 11.8 Å². The summed E-state index contributed by atoms with van der Waals surface area (Å²) in [6.45, 7) is 0. The molecule has 3 rings (SSSR count). The van der Waals surface area contributed by atoms with Crippen molar-refractivity contribution in [1.82, 2.24) is 19.3 Å². The van der Waals surface area contributed by atoms with Gasteiger partial charge in [0.25, 0.3) is 0 Å². The van der Waals surface area contributed by atoms with Crippen molar-refractivity contribution in [2.24, 2.45) is 0 Å². The Labute approximate surface area is 161 Å². The van der Waals surface area contributed by atoms with E-state index in [0.29, 0.717) is 23.6 Å². The van der Waals surface area contributed by atoms with Crippen molar-refractivity contribution in [1.29, 1.82) is 0 Å². The van der Waals surface area contributed by atoms with Gasteiger partial charge >= 0.3 is 0 Å². The smallest absolute Gasteiger partial charge is 0.241 e. The van der Waals surface area contributed by atoms with Crippen LogP contribution in [-0.4, -0.2) is 42.1 Å². The van der Waals surface area contributed by atoms with Crippen LogP contribution in [0, 0.1) is 5.82 Å². The number of sulfonamides is 1. The maximum Gasteiger partial charge on any atom is 0.241 e. The maximum atomic E-state index is 14.0. The molecular weight excluding hydrogens is 391 g/mol. The third-order valence-corrected chi connectivity index (χ3v) is 6.11. The number of halogens is 1. The summed E-state index contributed by atoms with van der Waals surface area (Å²) >= 11 is 1.59. The number of nitrogens with zero attached hydrogens (tertiary/aromatic N) is 3. The van der Waals surface area contributed by atoms with Gasteiger partial charge in [-0.3, -0.25) is 4.40 Å². The molecule has 0 saturated heterocycles. The SMILES string of the molecule is COc1ccc(S(=O)(=O)N[C@@H](CCSC)c2nnc3ccccn23)cc1F. The van der Waals surface area contributed by atoms with Gasteiger partial charge in [-0.15, -0.1) is 10.2 Å². The molecule has 0 amide bonds. The second-order valence-corrected chi connectivity index (χ2v) is 8.44. The average Bonchev–Trinajstić information content (AvgIpc) is 3.09. The van der Waals surface area contributed by atoms with Gasteiger partial charge in [0.15, 0.2) is 23.0 Å². The maximum absolute atomic E-state index is 14.0.